The number of nitrogens with one attached hydrogen (secondary N) is 2. The Bertz CT molecular complexity index is 1220. The van der Waals surface area contributed by atoms with E-state index < -0.39 is 0 Å². The van der Waals surface area contributed by atoms with Gasteiger partial charge in [-0.15, -0.1) is 0 Å². The summed E-state index contributed by atoms with van der Waals surface area (Å²) in [5.74, 6) is 0.513. The second-order valence-corrected chi connectivity index (χ2v) is 7.40. The summed E-state index contributed by atoms with van der Waals surface area (Å²) < 4.78 is 5.20. The first kappa shape index (κ1) is 18.2. The minimum Gasteiger partial charge on any atom is -0.481 e. The molecule has 2 aromatic carbocycles. The number of urea groups is 1. The number of pyridine rings is 1. The van der Waals surface area contributed by atoms with Crippen molar-refractivity contribution in [2.75, 3.05) is 19.0 Å². The van der Waals surface area contributed by atoms with Gasteiger partial charge in [-0.3, -0.25) is 0 Å². The first-order valence-electron chi connectivity index (χ1n) is 9.96. The van der Waals surface area contributed by atoms with E-state index >= 15 is 0 Å². The van der Waals surface area contributed by atoms with Crippen LogP contribution in [0.5, 0.6) is 5.88 Å². The summed E-state index contributed by atoms with van der Waals surface area (Å²) in [4.78, 5) is 22.3. The fraction of sp³-hybridized carbons (Fsp3) is 0.167. The summed E-state index contributed by atoms with van der Waals surface area (Å²) >= 11 is 0. The smallest absolute Gasteiger partial charge is 0.322 e. The molecule has 6 heteroatoms. The molecule has 2 aromatic heterocycles. The minimum atomic E-state index is -0.127. The zero-order valence-electron chi connectivity index (χ0n) is 16.7. The van der Waals surface area contributed by atoms with Crippen LogP contribution in [0.15, 0.2) is 66.9 Å². The van der Waals surface area contributed by atoms with Crippen LogP contribution in [0.3, 0.4) is 0 Å². The molecule has 2 N–H and O–H groups in total. The van der Waals surface area contributed by atoms with E-state index in [9.17, 15) is 4.79 Å². The van der Waals surface area contributed by atoms with Gasteiger partial charge in [0, 0.05) is 25.4 Å². The van der Waals surface area contributed by atoms with Crippen molar-refractivity contribution in [3.63, 3.8) is 0 Å². The monoisotopic (exact) mass is 398 g/mol. The van der Waals surface area contributed by atoms with Crippen LogP contribution in [0.25, 0.3) is 22.2 Å². The number of rotatable bonds is 3. The van der Waals surface area contributed by atoms with Crippen molar-refractivity contribution in [1.82, 2.24) is 14.9 Å². The molecule has 6 nitrogen and oxygen atoms in total. The van der Waals surface area contributed by atoms with E-state index in [1.54, 1.807) is 19.4 Å². The van der Waals surface area contributed by atoms with E-state index in [4.69, 9.17) is 4.74 Å². The molecule has 4 aromatic rings. The predicted octanol–water partition coefficient (Wildman–Crippen LogP) is 4.83. The van der Waals surface area contributed by atoms with Crippen LogP contribution >= 0.6 is 0 Å². The Morgan fingerprint density at radius 3 is 2.77 bits per heavy atom. The Hall–Kier alpha value is -3.80. The van der Waals surface area contributed by atoms with Gasteiger partial charge in [-0.25, -0.2) is 9.78 Å². The first-order chi connectivity index (χ1) is 14.7. The van der Waals surface area contributed by atoms with Gasteiger partial charge in [-0.1, -0.05) is 48.5 Å². The number of anilines is 1. The fourth-order valence-electron chi connectivity index (χ4n) is 3.92. The zero-order chi connectivity index (χ0) is 20.5. The minimum absolute atomic E-state index is 0.127. The van der Waals surface area contributed by atoms with Crippen LogP contribution in [-0.4, -0.2) is 34.6 Å². The number of aromatic amines is 1. The van der Waals surface area contributed by atoms with Gasteiger partial charge in [0.05, 0.1) is 18.3 Å². The van der Waals surface area contributed by atoms with Crippen molar-refractivity contribution in [2.45, 2.75) is 13.0 Å². The molecule has 0 saturated heterocycles. The number of ether oxygens (including phenoxy) is 1. The zero-order valence-corrected chi connectivity index (χ0v) is 16.7. The normalized spacial score (nSPS) is 13.2. The number of H-pyrrole nitrogens is 1. The molecule has 0 aliphatic carbocycles. The maximum Gasteiger partial charge on any atom is 0.322 e. The summed E-state index contributed by atoms with van der Waals surface area (Å²) in [6.07, 6.45) is 2.60. The number of fused-ring (bicyclic) bond motifs is 2. The Labute approximate surface area is 174 Å². The van der Waals surface area contributed by atoms with Gasteiger partial charge in [0.15, 0.2) is 0 Å². The number of amides is 2. The van der Waals surface area contributed by atoms with Crippen LogP contribution in [0.4, 0.5) is 10.5 Å². The molecular weight excluding hydrogens is 376 g/mol. The van der Waals surface area contributed by atoms with E-state index in [-0.39, 0.29) is 6.03 Å². The molecule has 1 aliphatic rings. The maximum atomic E-state index is 12.9. The quantitative estimate of drug-likeness (QED) is 0.519. The molecule has 1 aliphatic heterocycles. The summed E-state index contributed by atoms with van der Waals surface area (Å²) in [5.41, 5.74) is 7.11. The lowest BCUT2D eigenvalue weighted by Crippen LogP contribution is -2.38. The van der Waals surface area contributed by atoms with Crippen molar-refractivity contribution < 1.29 is 9.53 Å². The third-order valence-corrected chi connectivity index (χ3v) is 5.56. The molecule has 0 bridgehead atoms. The highest BCUT2D eigenvalue weighted by molar-refractivity contribution is 5.99. The molecule has 0 fully saturated rings. The Kier molecular flexibility index (Phi) is 4.59. The first-order valence-corrected chi connectivity index (χ1v) is 9.96. The number of aromatic nitrogens is 2. The Morgan fingerprint density at radius 1 is 1.07 bits per heavy atom. The van der Waals surface area contributed by atoms with Crippen LogP contribution in [0.1, 0.15) is 11.1 Å². The molecule has 0 saturated carbocycles. The van der Waals surface area contributed by atoms with Crippen molar-refractivity contribution in [2.24, 2.45) is 0 Å². The Morgan fingerprint density at radius 2 is 1.93 bits per heavy atom. The van der Waals surface area contributed by atoms with E-state index in [2.05, 4.69) is 57.7 Å². The molecule has 150 valence electrons. The second-order valence-electron chi connectivity index (χ2n) is 7.40. The SMILES string of the molecule is COc1ccc2[nH]cc(NC(=O)N3CCc4cc(-c5ccccc5)ccc4C3)c2n1. The summed E-state index contributed by atoms with van der Waals surface area (Å²) in [7, 11) is 1.58. The second kappa shape index (κ2) is 7.55. The highest BCUT2D eigenvalue weighted by Gasteiger charge is 2.22. The predicted molar refractivity (Wildman–Crippen MR) is 118 cm³/mol. The summed E-state index contributed by atoms with van der Waals surface area (Å²) in [6.45, 7) is 1.27. The maximum absolute atomic E-state index is 12.9. The highest BCUT2D eigenvalue weighted by atomic mass is 16.5. The third kappa shape index (κ3) is 3.37. The van der Waals surface area contributed by atoms with E-state index in [0.717, 1.165) is 11.9 Å². The molecule has 0 radical (unpaired) electrons. The van der Waals surface area contributed by atoms with Gasteiger partial charge in [0.1, 0.15) is 5.52 Å². The van der Waals surface area contributed by atoms with Gasteiger partial charge in [-0.2, -0.15) is 0 Å². The van der Waals surface area contributed by atoms with Crippen LogP contribution in [-0.2, 0) is 13.0 Å². The third-order valence-electron chi connectivity index (χ3n) is 5.56. The van der Waals surface area contributed by atoms with Crippen LogP contribution in [0, 0.1) is 0 Å². The summed E-state index contributed by atoms with van der Waals surface area (Å²) in [6, 6.07) is 20.4. The van der Waals surface area contributed by atoms with Crippen molar-refractivity contribution in [1.29, 1.82) is 0 Å². The molecule has 0 unspecified atom stereocenters. The average molecular weight is 398 g/mol. The van der Waals surface area contributed by atoms with Crippen molar-refractivity contribution in [3.05, 3.63) is 78.0 Å². The topological polar surface area (TPSA) is 70.2 Å². The van der Waals surface area contributed by atoms with Crippen molar-refractivity contribution in [3.8, 4) is 17.0 Å². The van der Waals surface area contributed by atoms with Crippen LogP contribution < -0.4 is 10.1 Å². The largest absolute Gasteiger partial charge is 0.481 e. The highest BCUT2D eigenvalue weighted by Crippen LogP contribution is 2.28. The number of carbonyl (C=O) groups is 1. The van der Waals surface area contributed by atoms with E-state index in [0.29, 0.717) is 30.2 Å². The lowest BCUT2D eigenvalue weighted by molar-refractivity contribution is 0.206. The van der Waals surface area contributed by atoms with Gasteiger partial charge >= 0.3 is 6.03 Å². The number of methoxy groups -OCH3 is 1. The van der Waals surface area contributed by atoms with Gasteiger partial charge < -0.3 is 19.9 Å². The molecule has 5 rings (SSSR count). The fourth-order valence-corrected chi connectivity index (χ4v) is 3.92. The van der Waals surface area contributed by atoms with Gasteiger partial charge in [0.25, 0.3) is 0 Å². The molecule has 0 spiro atoms. The van der Waals surface area contributed by atoms with Crippen molar-refractivity contribution >= 4 is 22.8 Å². The average Bonchev–Trinajstić information content (AvgIpc) is 3.20. The number of nitrogens with zero attached hydrogens (tertiary/aromatic N) is 2. The van der Waals surface area contributed by atoms with Crippen LogP contribution in [0.2, 0.25) is 0 Å². The molecular formula is C24H22N4O2. The number of hydrogen-bond donors (Lipinski definition) is 2. The van der Waals surface area contributed by atoms with E-state index in [1.807, 2.05) is 17.0 Å². The van der Waals surface area contributed by atoms with E-state index in [1.165, 1.54) is 22.3 Å². The number of benzene rings is 2. The Balaban J connectivity index is 1.33. The molecule has 3 heterocycles. The number of carbonyl (C=O) groups excluding carboxylic acids is 1. The molecule has 2 amide bonds. The lowest BCUT2D eigenvalue weighted by atomic mass is 9.95. The number of hydrogen-bond acceptors (Lipinski definition) is 3. The molecule has 30 heavy (non-hydrogen) atoms. The van der Waals surface area contributed by atoms with Gasteiger partial charge in [-0.05, 0) is 34.7 Å². The standard InChI is InChI=1S/C24H22N4O2/c1-30-22-10-9-20-23(27-22)21(14-25-20)26-24(29)28-12-11-18-13-17(7-8-19(18)15-28)16-5-3-2-4-6-16/h2-10,13-14,25H,11-12,15H2,1H3,(H,26,29). The summed E-state index contributed by atoms with van der Waals surface area (Å²) in [5, 5.41) is 2.99. The molecule has 0 atom stereocenters. The lowest BCUT2D eigenvalue weighted by Gasteiger charge is -2.29. The van der Waals surface area contributed by atoms with Gasteiger partial charge in [0.2, 0.25) is 5.88 Å².